The van der Waals surface area contributed by atoms with E-state index in [-0.39, 0.29) is 12.1 Å². The van der Waals surface area contributed by atoms with Gasteiger partial charge in [-0.15, -0.1) is 0 Å². The second-order valence-corrected chi connectivity index (χ2v) is 6.16. The third-order valence-electron chi connectivity index (χ3n) is 4.34. The van der Waals surface area contributed by atoms with Gasteiger partial charge in [-0.05, 0) is 35.7 Å². The van der Waals surface area contributed by atoms with Gasteiger partial charge in [-0.2, -0.15) is 5.10 Å². The Labute approximate surface area is 145 Å². The first-order valence-electron chi connectivity index (χ1n) is 8.34. The molecule has 6 nitrogen and oxygen atoms in total. The average Bonchev–Trinajstić information content (AvgIpc) is 3.19. The summed E-state index contributed by atoms with van der Waals surface area (Å²) in [6, 6.07) is 16.0. The van der Waals surface area contributed by atoms with E-state index in [1.54, 1.807) is 17.1 Å². The van der Waals surface area contributed by atoms with Crippen molar-refractivity contribution in [2.24, 2.45) is 0 Å². The minimum Gasteiger partial charge on any atom is -0.335 e. The molecule has 2 aromatic heterocycles. The van der Waals surface area contributed by atoms with Crippen LogP contribution in [0.2, 0.25) is 0 Å². The van der Waals surface area contributed by atoms with Gasteiger partial charge in [0.15, 0.2) is 5.82 Å². The van der Waals surface area contributed by atoms with E-state index in [0.29, 0.717) is 12.5 Å². The molecule has 2 amide bonds. The molecule has 1 fully saturated rings. The fourth-order valence-electron chi connectivity index (χ4n) is 2.93. The van der Waals surface area contributed by atoms with Gasteiger partial charge in [0.25, 0.3) is 0 Å². The van der Waals surface area contributed by atoms with Crippen molar-refractivity contribution in [3.63, 3.8) is 0 Å². The summed E-state index contributed by atoms with van der Waals surface area (Å²) in [5.41, 5.74) is 2.26. The first kappa shape index (κ1) is 15.4. The van der Waals surface area contributed by atoms with Crippen LogP contribution in [-0.2, 0) is 6.54 Å². The summed E-state index contributed by atoms with van der Waals surface area (Å²) in [6.45, 7) is 0.450. The second-order valence-electron chi connectivity index (χ2n) is 6.16. The van der Waals surface area contributed by atoms with E-state index >= 15 is 0 Å². The fourth-order valence-corrected chi connectivity index (χ4v) is 2.93. The van der Waals surface area contributed by atoms with Crippen molar-refractivity contribution in [2.75, 3.05) is 0 Å². The van der Waals surface area contributed by atoms with Gasteiger partial charge in [0.2, 0.25) is 0 Å². The monoisotopic (exact) mass is 333 g/mol. The van der Waals surface area contributed by atoms with Crippen molar-refractivity contribution in [3.8, 4) is 5.82 Å². The zero-order valence-corrected chi connectivity index (χ0v) is 13.7. The highest BCUT2D eigenvalue weighted by Crippen LogP contribution is 2.40. The molecule has 0 bridgehead atoms. The van der Waals surface area contributed by atoms with Gasteiger partial charge >= 0.3 is 6.03 Å². The number of rotatable bonds is 5. The number of nitrogens with one attached hydrogen (secondary N) is 2. The van der Waals surface area contributed by atoms with Gasteiger partial charge in [0.05, 0.1) is 0 Å². The van der Waals surface area contributed by atoms with Crippen LogP contribution in [0.15, 0.2) is 67.1 Å². The molecule has 0 spiro atoms. The molecule has 25 heavy (non-hydrogen) atoms. The zero-order chi connectivity index (χ0) is 17.1. The third-order valence-corrected chi connectivity index (χ3v) is 4.34. The molecular weight excluding hydrogens is 314 g/mol. The highest BCUT2D eigenvalue weighted by molar-refractivity contribution is 5.75. The predicted octanol–water partition coefficient (Wildman–Crippen LogP) is 2.62. The van der Waals surface area contributed by atoms with Crippen molar-refractivity contribution in [1.29, 1.82) is 0 Å². The van der Waals surface area contributed by atoms with Crippen LogP contribution in [0, 0.1) is 0 Å². The summed E-state index contributed by atoms with van der Waals surface area (Å²) in [5.74, 6) is 1.16. The van der Waals surface area contributed by atoms with Crippen molar-refractivity contribution in [2.45, 2.75) is 24.9 Å². The van der Waals surface area contributed by atoms with Crippen LogP contribution in [0.3, 0.4) is 0 Å². The maximum Gasteiger partial charge on any atom is 0.315 e. The number of benzene rings is 1. The number of amides is 2. The average molecular weight is 333 g/mol. The Balaban J connectivity index is 1.29. The molecule has 1 saturated carbocycles. The Morgan fingerprint density at radius 2 is 2.04 bits per heavy atom. The van der Waals surface area contributed by atoms with Crippen LogP contribution >= 0.6 is 0 Å². The van der Waals surface area contributed by atoms with Gasteiger partial charge < -0.3 is 10.6 Å². The zero-order valence-electron chi connectivity index (χ0n) is 13.7. The predicted molar refractivity (Wildman–Crippen MR) is 94.3 cm³/mol. The number of hydrogen-bond acceptors (Lipinski definition) is 3. The molecular formula is C19H19N5O. The van der Waals surface area contributed by atoms with Gasteiger partial charge in [0, 0.05) is 37.1 Å². The molecule has 1 aromatic carbocycles. The smallest absolute Gasteiger partial charge is 0.315 e. The third kappa shape index (κ3) is 3.68. The molecule has 2 atom stereocenters. The van der Waals surface area contributed by atoms with E-state index < -0.39 is 0 Å². The summed E-state index contributed by atoms with van der Waals surface area (Å²) in [4.78, 5) is 16.4. The molecule has 0 radical (unpaired) electrons. The van der Waals surface area contributed by atoms with E-state index in [0.717, 1.165) is 17.8 Å². The fraction of sp³-hybridized carbons (Fsp3) is 0.211. The summed E-state index contributed by atoms with van der Waals surface area (Å²) in [6.07, 6.45) is 6.26. The Hall–Kier alpha value is -3.15. The molecule has 0 unspecified atom stereocenters. The first-order valence-corrected chi connectivity index (χ1v) is 8.34. The van der Waals surface area contributed by atoms with Gasteiger partial charge in [-0.3, -0.25) is 0 Å². The molecule has 0 saturated heterocycles. The van der Waals surface area contributed by atoms with Gasteiger partial charge in [-0.1, -0.05) is 30.3 Å². The Morgan fingerprint density at radius 3 is 2.84 bits per heavy atom. The molecule has 1 aliphatic rings. The van der Waals surface area contributed by atoms with Crippen molar-refractivity contribution in [3.05, 3.63) is 78.2 Å². The summed E-state index contributed by atoms with van der Waals surface area (Å²) >= 11 is 0. The van der Waals surface area contributed by atoms with Crippen molar-refractivity contribution >= 4 is 6.03 Å². The molecule has 2 N–H and O–H groups in total. The normalized spacial score (nSPS) is 18.6. The Kier molecular flexibility index (Phi) is 4.16. The quantitative estimate of drug-likeness (QED) is 0.754. The highest BCUT2D eigenvalue weighted by atomic mass is 16.2. The summed E-state index contributed by atoms with van der Waals surface area (Å²) in [7, 11) is 0. The first-order chi connectivity index (χ1) is 12.3. The molecule has 2 heterocycles. The number of hydrogen-bond donors (Lipinski definition) is 2. The molecule has 6 heteroatoms. The van der Waals surface area contributed by atoms with Crippen molar-refractivity contribution in [1.82, 2.24) is 25.4 Å². The maximum absolute atomic E-state index is 12.1. The Morgan fingerprint density at radius 1 is 1.16 bits per heavy atom. The topological polar surface area (TPSA) is 71.8 Å². The minimum atomic E-state index is -0.138. The van der Waals surface area contributed by atoms with Crippen LogP contribution in [0.1, 0.15) is 23.5 Å². The highest BCUT2D eigenvalue weighted by Gasteiger charge is 2.39. The van der Waals surface area contributed by atoms with E-state index in [2.05, 4.69) is 32.8 Å². The lowest BCUT2D eigenvalue weighted by Crippen LogP contribution is -2.36. The van der Waals surface area contributed by atoms with Crippen molar-refractivity contribution < 1.29 is 4.79 Å². The summed E-state index contributed by atoms with van der Waals surface area (Å²) < 4.78 is 1.69. The lowest BCUT2D eigenvalue weighted by molar-refractivity contribution is 0.240. The van der Waals surface area contributed by atoms with E-state index in [4.69, 9.17) is 0 Å². The molecule has 4 rings (SSSR count). The lowest BCUT2D eigenvalue weighted by atomic mass is 10.1. The number of urea groups is 1. The number of carbonyl (C=O) groups is 1. The number of nitrogens with zero attached hydrogens (tertiary/aromatic N) is 3. The van der Waals surface area contributed by atoms with Crippen LogP contribution in [0.5, 0.6) is 0 Å². The molecule has 0 aliphatic heterocycles. The summed E-state index contributed by atoms with van der Waals surface area (Å²) in [5, 5.41) is 10.1. The minimum absolute atomic E-state index is 0.138. The largest absolute Gasteiger partial charge is 0.335 e. The SMILES string of the molecule is O=C(NCc1ccnc(-n2cccn2)c1)N[C@@H]1C[C@H]1c1ccccc1. The number of aromatic nitrogens is 3. The maximum atomic E-state index is 12.1. The van der Waals surface area contributed by atoms with Gasteiger partial charge in [-0.25, -0.2) is 14.5 Å². The van der Waals surface area contributed by atoms with E-state index in [1.807, 2.05) is 42.6 Å². The molecule has 3 aromatic rings. The number of carbonyl (C=O) groups excluding carboxylic acids is 1. The van der Waals surface area contributed by atoms with Crippen LogP contribution in [-0.4, -0.2) is 26.8 Å². The van der Waals surface area contributed by atoms with Crippen LogP contribution in [0.25, 0.3) is 5.82 Å². The van der Waals surface area contributed by atoms with Gasteiger partial charge in [0.1, 0.15) is 0 Å². The molecule has 126 valence electrons. The second kappa shape index (κ2) is 6.76. The van der Waals surface area contributed by atoms with E-state index in [9.17, 15) is 4.79 Å². The standard InChI is InChI=1S/C19H19N5O/c25-19(23-17-12-16(17)15-5-2-1-3-6-15)21-13-14-7-9-20-18(11-14)24-10-4-8-22-24/h1-11,16-17H,12-13H2,(H2,21,23,25)/t16-,17+/m0/s1. The lowest BCUT2D eigenvalue weighted by Gasteiger charge is -2.08. The van der Waals surface area contributed by atoms with Crippen LogP contribution < -0.4 is 10.6 Å². The van der Waals surface area contributed by atoms with E-state index in [1.165, 1.54) is 5.56 Å². The number of pyridine rings is 1. The molecule has 1 aliphatic carbocycles. The van der Waals surface area contributed by atoms with Crippen LogP contribution in [0.4, 0.5) is 4.79 Å². The Bertz CT molecular complexity index is 847.